The van der Waals surface area contributed by atoms with Gasteiger partial charge in [-0.2, -0.15) is 0 Å². The SMILES string of the molecule is CC(C)(C)c1ccc(CON(OC(=O)c2ccc(C(C)(C)C)cc2)C(=O)c2ccc(C(C)(C)C)cc2)cc1. The average molecular weight is 516 g/mol. The van der Waals surface area contributed by atoms with Crippen LogP contribution in [0, 0.1) is 0 Å². The van der Waals surface area contributed by atoms with E-state index in [-0.39, 0.29) is 22.9 Å². The predicted molar refractivity (Wildman–Crippen MR) is 152 cm³/mol. The van der Waals surface area contributed by atoms with Crippen molar-refractivity contribution in [2.24, 2.45) is 0 Å². The number of hydrogen-bond donors (Lipinski definition) is 0. The highest BCUT2D eigenvalue weighted by atomic mass is 17.0. The average Bonchev–Trinajstić information content (AvgIpc) is 2.85. The van der Waals surface area contributed by atoms with Crippen molar-refractivity contribution in [3.05, 3.63) is 106 Å². The molecule has 0 spiro atoms. The molecular weight excluding hydrogens is 474 g/mol. The third kappa shape index (κ3) is 7.55. The number of rotatable bonds is 5. The van der Waals surface area contributed by atoms with E-state index in [0.29, 0.717) is 16.4 Å². The van der Waals surface area contributed by atoms with Crippen molar-refractivity contribution < 1.29 is 19.3 Å². The number of carbonyl (C=O) groups is 2. The van der Waals surface area contributed by atoms with Gasteiger partial charge in [0.1, 0.15) is 6.61 Å². The molecule has 0 aromatic heterocycles. The van der Waals surface area contributed by atoms with Gasteiger partial charge in [-0.15, -0.1) is 0 Å². The van der Waals surface area contributed by atoms with Gasteiger partial charge in [-0.25, -0.2) is 9.63 Å². The first-order valence-corrected chi connectivity index (χ1v) is 13.1. The van der Waals surface area contributed by atoms with E-state index in [1.54, 1.807) is 24.3 Å². The first-order chi connectivity index (χ1) is 17.6. The molecule has 0 heterocycles. The van der Waals surface area contributed by atoms with Crippen molar-refractivity contribution in [1.29, 1.82) is 0 Å². The lowest BCUT2D eigenvalue weighted by atomic mass is 9.86. The summed E-state index contributed by atoms with van der Waals surface area (Å²) in [6.07, 6.45) is 0. The number of hydroxylamine groups is 2. The summed E-state index contributed by atoms with van der Waals surface area (Å²) in [7, 11) is 0. The van der Waals surface area contributed by atoms with E-state index in [9.17, 15) is 9.59 Å². The smallest absolute Gasteiger partial charge is 0.306 e. The molecule has 38 heavy (non-hydrogen) atoms. The Bertz CT molecular complexity index is 1240. The van der Waals surface area contributed by atoms with Crippen molar-refractivity contribution >= 4 is 11.9 Å². The Balaban J connectivity index is 1.82. The molecule has 202 valence electrons. The van der Waals surface area contributed by atoms with E-state index >= 15 is 0 Å². The van der Waals surface area contributed by atoms with Gasteiger partial charge in [0.05, 0.1) is 5.56 Å². The molecule has 5 nitrogen and oxygen atoms in total. The van der Waals surface area contributed by atoms with E-state index in [4.69, 9.17) is 9.68 Å². The molecule has 0 aliphatic carbocycles. The van der Waals surface area contributed by atoms with Crippen LogP contribution in [0.25, 0.3) is 0 Å². The zero-order chi connectivity index (χ0) is 28.3. The van der Waals surface area contributed by atoms with Gasteiger partial charge in [-0.1, -0.05) is 111 Å². The maximum absolute atomic E-state index is 13.4. The fourth-order valence-corrected chi connectivity index (χ4v) is 3.81. The molecule has 5 heteroatoms. The molecule has 0 saturated heterocycles. The highest BCUT2D eigenvalue weighted by Crippen LogP contribution is 2.25. The van der Waals surface area contributed by atoms with E-state index in [1.807, 2.05) is 48.5 Å². The zero-order valence-electron chi connectivity index (χ0n) is 24.2. The number of amides is 1. The lowest BCUT2D eigenvalue weighted by Crippen LogP contribution is -2.34. The lowest BCUT2D eigenvalue weighted by Gasteiger charge is -2.22. The molecule has 3 aromatic carbocycles. The van der Waals surface area contributed by atoms with Gasteiger partial charge in [0, 0.05) is 5.56 Å². The first kappa shape index (κ1) is 29.1. The van der Waals surface area contributed by atoms with Crippen molar-refractivity contribution in [2.75, 3.05) is 0 Å². The quantitative estimate of drug-likeness (QED) is 0.324. The van der Waals surface area contributed by atoms with Gasteiger partial charge in [0.25, 0.3) is 0 Å². The summed E-state index contributed by atoms with van der Waals surface area (Å²) in [4.78, 5) is 37.7. The second kappa shape index (κ2) is 11.1. The van der Waals surface area contributed by atoms with Gasteiger partial charge in [0.2, 0.25) is 0 Å². The van der Waals surface area contributed by atoms with Gasteiger partial charge in [0.15, 0.2) is 0 Å². The van der Waals surface area contributed by atoms with Crippen LogP contribution in [0.1, 0.15) is 105 Å². The molecule has 3 aromatic rings. The van der Waals surface area contributed by atoms with Crippen molar-refractivity contribution in [3.8, 4) is 0 Å². The Morgan fingerprint density at radius 2 is 0.947 bits per heavy atom. The molecule has 0 fully saturated rings. The summed E-state index contributed by atoms with van der Waals surface area (Å²) < 4.78 is 0. The standard InChI is InChI=1S/C33H41NO4/c1-31(2,3)26-16-10-23(11-17-26)22-37-34(29(35)24-12-18-27(19-13-24)32(4,5)6)38-30(36)25-14-20-28(21-15-25)33(7,8)9/h10-21H,22H2,1-9H3. The summed E-state index contributed by atoms with van der Waals surface area (Å²) in [6.45, 7) is 19.2. The normalized spacial score (nSPS) is 12.2. The molecule has 0 aliphatic rings. The minimum atomic E-state index is -0.673. The van der Waals surface area contributed by atoms with Crippen LogP contribution in [-0.4, -0.2) is 17.1 Å². The molecule has 0 N–H and O–H groups in total. The summed E-state index contributed by atoms with van der Waals surface area (Å²) >= 11 is 0. The van der Waals surface area contributed by atoms with Crippen LogP contribution in [0.3, 0.4) is 0 Å². The van der Waals surface area contributed by atoms with Crippen molar-refractivity contribution in [3.63, 3.8) is 0 Å². The first-order valence-electron chi connectivity index (χ1n) is 13.1. The topological polar surface area (TPSA) is 55.8 Å². The molecular formula is C33H41NO4. The molecule has 0 saturated carbocycles. The molecule has 3 rings (SSSR count). The van der Waals surface area contributed by atoms with Crippen LogP contribution in [-0.2, 0) is 32.5 Å². The van der Waals surface area contributed by atoms with Gasteiger partial charge in [-0.05, 0) is 68.0 Å². The lowest BCUT2D eigenvalue weighted by molar-refractivity contribution is -0.300. The molecule has 0 unspecified atom stereocenters. The maximum atomic E-state index is 13.4. The minimum Gasteiger partial charge on any atom is -0.306 e. The highest BCUT2D eigenvalue weighted by molar-refractivity contribution is 5.95. The highest BCUT2D eigenvalue weighted by Gasteiger charge is 2.25. The molecule has 1 amide bonds. The van der Waals surface area contributed by atoms with Gasteiger partial charge < -0.3 is 4.84 Å². The van der Waals surface area contributed by atoms with Gasteiger partial charge >= 0.3 is 11.9 Å². The zero-order valence-corrected chi connectivity index (χ0v) is 24.2. The molecule has 0 atom stereocenters. The molecule has 0 bridgehead atoms. The second-order valence-electron chi connectivity index (χ2n) is 12.8. The number of benzene rings is 3. The van der Waals surface area contributed by atoms with Crippen LogP contribution >= 0.6 is 0 Å². The third-order valence-electron chi connectivity index (χ3n) is 6.48. The summed E-state index contributed by atoms with van der Waals surface area (Å²) in [5.74, 6) is -1.23. The largest absolute Gasteiger partial charge is 0.366 e. The Hall–Kier alpha value is -3.44. The van der Waals surface area contributed by atoms with Crippen LogP contribution in [0.5, 0.6) is 0 Å². The van der Waals surface area contributed by atoms with E-state index < -0.39 is 11.9 Å². The third-order valence-corrected chi connectivity index (χ3v) is 6.48. The van der Waals surface area contributed by atoms with Crippen LogP contribution < -0.4 is 0 Å². The summed E-state index contributed by atoms with van der Waals surface area (Å²) in [5, 5.41) is 0.698. The summed E-state index contributed by atoms with van der Waals surface area (Å²) in [5.41, 5.74) is 4.85. The Morgan fingerprint density at radius 3 is 1.34 bits per heavy atom. The van der Waals surface area contributed by atoms with E-state index in [2.05, 4.69) is 62.3 Å². The fourth-order valence-electron chi connectivity index (χ4n) is 3.81. The number of hydrogen-bond acceptors (Lipinski definition) is 4. The van der Waals surface area contributed by atoms with Crippen LogP contribution in [0.4, 0.5) is 0 Å². The molecule has 0 aliphatic heterocycles. The number of carbonyl (C=O) groups excluding carboxylic acids is 2. The van der Waals surface area contributed by atoms with Crippen LogP contribution in [0.2, 0.25) is 0 Å². The van der Waals surface area contributed by atoms with E-state index in [0.717, 1.165) is 16.7 Å². The van der Waals surface area contributed by atoms with Crippen molar-refractivity contribution in [1.82, 2.24) is 5.23 Å². The predicted octanol–water partition coefficient (Wildman–Crippen LogP) is 7.93. The van der Waals surface area contributed by atoms with Crippen molar-refractivity contribution in [2.45, 2.75) is 85.2 Å². The van der Waals surface area contributed by atoms with Crippen LogP contribution in [0.15, 0.2) is 72.8 Å². The van der Waals surface area contributed by atoms with E-state index in [1.165, 1.54) is 5.56 Å². The maximum Gasteiger partial charge on any atom is 0.366 e. The summed E-state index contributed by atoms with van der Waals surface area (Å²) in [6, 6.07) is 22.4. The second-order valence-corrected chi connectivity index (χ2v) is 12.8. The number of nitrogens with zero attached hydrogens (tertiary/aromatic N) is 1. The Labute approximate surface area is 227 Å². The fraction of sp³-hybridized carbons (Fsp3) is 0.394. The molecule has 0 radical (unpaired) electrons. The minimum absolute atomic E-state index is 0.0265. The monoisotopic (exact) mass is 515 g/mol. The van der Waals surface area contributed by atoms with Gasteiger partial charge in [-0.3, -0.25) is 4.79 Å². The Kier molecular flexibility index (Phi) is 8.52. The Morgan fingerprint density at radius 1 is 0.579 bits per heavy atom.